The number of non-ortho nitro benzene ring substituents is 1. The van der Waals surface area contributed by atoms with Crippen molar-refractivity contribution < 1.29 is 9.72 Å². The zero-order valence-corrected chi connectivity index (χ0v) is 14.5. The van der Waals surface area contributed by atoms with Gasteiger partial charge >= 0.3 is 0 Å². The van der Waals surface area contributed by atoms with Crippen molar-refractivity contribution in [3.8, 4) is 11.3 Å². The van der Waals surface area contributed by atoms with Gasteiger partial charge in [-0.25, -0.2) is 4.98 Å². The lowest BCUT2D eigenvalue weighted by molar-refractivity contribution is -0.384. The number of nitrogens with zero attached hydrogens (tertiary/aromatic N) is 2. The second kappa shape index (κ2) is 6.82. The second-order valence-corrected chi connectivity index (χ2v) is 6.43. The molecule has 0 aliphatic heterocycles. The number of nitro benzene ring substituents is 1. The van der Waals surface area contributed by atoms with Gasteiger partial charge in [0, 0.05) is 28.6 Å². The maximum atomic E-state index is 12.2. The van der Waals surface area contributed by atoms with E-state index >= 15 is 0 Å². The average molecular weight is 353 g/mol. The summed E-state index contributed by atoms with van der Waals surface area (Å²) in [6.45, 7) is 3.63. The van der Waals surface area contributed by atoms with Crippen LogP contribution in [0.4, 0.5) is 10.8 Å². The summed E-state index contributed by atoms with van der Waals surface area (Å²) < 4.78 is 0. The highest BCUT2D eigenvalue weighted by Gasteiger charge is 2.16. The Labute approximate surface area is 148 Å². The Morgan fingerprint density at radius 2 is 1.80 bits per heavy atom. The van der Waals surface area contributed by atoms with Gasteiger partial charge in [0.05, 0.1) is 10.6 Å². The van der Waals surface area contributed by atoms with Gasteiger partial charge in [-0.15, -0.1) is 11.3 Å². The molecule has 0 radical (unpaired) electrons. The molecule has 3 aromatic rings. The summed E-state index contributed by atoms with van der Waals surface area (Å²) in [5.41, 5.74) is 3.71. The molecule has 0 bridgehead atoms. The molecular formula is C18H15N3O3S. The highest BCUT2D eigenvalue weighted by Crippen LogP contribution is 2.33. The van der Waals surface area contributed by atoms with E-state index in [1.807, 2.05) is 25.3 Å². The van der Waals surface area contributed by atoms with E-state index in [2.05, 4.69) is 10.3 Å². The number of benzene rings is 2. The van der Waals surface area contributed by atoms with Crippen molar-refractivity contribution in [3.63, 3.8) is 0 Å². The normalized spacial score (nSPS) is 10.5. The Kier molecular flexibility index (Phi) is 4.58. The van der Waals surface area contributed by atoms with Crippen LogP contribution in [0.25, 0.3) is 11.3 Å². The first-order chi connectivity index (χ1) is 12.0. The number of hydrogen-bond acceptors (Lipinski definition) is 5. The number of amides is 1. The van der Waals surface area contributed by atoms with E-state index in [4.69, 9.17) is 0 Å². The molecule has 1 aromatic heterocycles. The number of carbonyl (C=O) groups excluding carboxylic acids is 1. The minimum atomic E-state index is -0.406. The Balaban J connectivity index is 1.87. The van der Waals surface area contributed by atoms with Crippen molar-refractivity contribution in [2.75, 3.05) is 5.32 Å². The molecule has 7 heteroatoms. The van der Waals surface area contributed by atoms with Crippen LogP contribution in [-0.2, 0) is 0 Å². The number of thiazole rings is 1. The lowest BCUT2D eigenvalue weighted by atomic mass is 10.00. The number of aryl methyl sites for hydroxylation is 2. The lowest BCUT2D eigenvalue weighted by Gasteiger charge is -2.07. The van der Waals surface area contributed by atoms with Gasteiger partial charge in [-0.3, -0.25) is 20.2 Å². The summed E-state index contributed by atoms with van der Waals surface area (Å²) in [5, 5.41) is 16.1. The molecule has 3 rings (SSSR count). The van der Waals surface area contributed by atoms with E-state index in [1.165, 1.54) is 23.5 Å². The van der Waals surface area contributed by atoms with E-state index in [9.17, 15) is 14.9 Å². The quantitative estimate of drug-likeness (QED) is 0.549. The fourth-order valence-electron chi connectivity index (χ4n) is 2.65. The molecule has 0 fully saturated rings. The monoisotopic (exact) mass is 353 g/mol. The molecule has 126 valence electrons. The molecule has 0 unspecified atom stereocenters. The molecule has 0 saturated heterocycles. The van der Waals surface area contributed by atoms with Gasteiger partial charge < -0.3 is 0 Å². The summed E-state index contributed by atoms with van der Waals surface area (Å²) in [6.07, 6.45) is 0. The van der Waals surface area contributed by atoms with Crippen LogP contribution in [0.2, 0.25) is 0 Å². The summed E-state index contributed by atoms with van der Waals surface area (Å²) in [6, 6.07) is 12.0. The maximum Gasteiger partial charge on any atom is 0.269 e. The third kappa shape index (κ3) is 3.56. The molecule has 0 aliphatic carbocycles. The van der Waals surface area contributed by atoms with Crippen LogP contribution in [-0.4, -0.2) is 15.8 Å². The van der Waals surface area contributed by atoms with Gasteiger partial charge in [0.1, 0.15) is 0 Å². The summed E-state index contributed by atoms with van der Waals surface area (Å²) in [5.74, 6) is -0.223. The zero-order chi connectivity index (χ0) is 18.0. The number of rotatable bonds is 4. The highest BCUT2D eigenvalue weighted by atomic mass is 32.1. The van der Waals surface area contributed by atoms with Crippen LogP contribution in [0, 0.1) is 24.0 Å². The van der Waals surface area contributed by atoms with Crippen molar-refractivity contribution >= 4 is 28.1 Å². The van der Waals surface area contributed by atoms with Crippen molar-refractivity contribution in [3.05, 3.63) is 74.6 Å². The number of nitro groups is 1. The molecule has 0 saturated carbocycles. The highest BCUT2D eigenvalue weighted by molar-refractivity contribution is 7.14. The molecule has 2 aromatic carbocycles. The van der Waals surface area contributed by atoms with Gasteiger partial charge in [-0.05, 0) is 37.1 Å². The molecular weight excluding hydrogens is 338 g/mol. The largest absolute Gasteiger partial charge is 0.298 e. The Hall–Kier alpha value is -3.06. The standard InChI is InChI=1S/C18H15N3O3S/c1-11-8-14(21(23)24)9-12(2)16(11)15-10-25-18(19-15)20-17(22)13-6-4-3-5-7-13/h3-10H,1-2H3,(H,19,20,22). The van der Waals surface area contributed by atoms with Gasteiger partial charge in [-0.1, -0.05) is 18.2 Å². The fraction of sp³-hybridized carbons (Fsp3) is 0.111. The smallest absolute Gasteiger partial charge is 0.269 e. The first-order valence-electron chi connectivity index (χ1n) is 7.53. The number of anilines is 1. The van der Waals surface area contributed by atoms with E-state index in [1.54, 1.807) is 24.3 Å². The van der Waals surface area contributed by atoms with Crippen LogP contribution in [0.3, 0.4) is 0 Å². The molecule has 0 atom stereocenters. The van der Waals surface area contributed by atoms with Crippen LogP contribution in [0.15, 0.2) is 47.8 Å². The Morgan fingerprint density at radius 1 is 1.16 bits per heavy atom. The summed E-state index contributed by atoms with van der Waals surface area (Å²) >= 11 is 1.32. The first-order valence-corrected chi connectivity index (χ1v) is 8.41. The van der Waals surface area contributed by atoms with Gasteiger partial charge in [-0.2, -0.15) is 0 Å². The van der Waals surface area contributed by atoms with E-state index in [0.29, 0.717) is 16.4 Å². The molecule has 0 aliphatic rings. The van der Waals surface area contributed by atoms with Crippen LogP contribution >= 0.6 is 11.3 Å². The number of hydrogen-bond donors (Lipinski definition) is 1. The molecule has 25 heavy (non-hydrogen) atoms. The van der Waals surface area contributed by atoms with Crippen LogP contribution < -0.4 is 5.32 Å². The minimum absolute atomic E-state index is 0.0617. The van der Waals surface area contributed by atoms with Crippen LogP contribution in [0.1, 0.15) is 21.5 Å². The minimum Gasteiger partial charge on any atom is -0.298 e. The van der Waals surface area contributed by atoms with Crippen molar-refractivity contribution in [2.24, 2.45) is 0 Å². The van der Waals surface area contributed by atoms with Crippen molar-refractivity contribution in [2.45, 2.75) is 13.8 Å². The number of carbonyl (C=O) groups is 1. The van der Waals surface area contributed by atoms with Crippen LogP contribution in [0.5, 0.6) is 0 Å². The topological polar surface area (TPSA) is 85.1 Å². The SMILES string of the molecule is Cc1cc([N+](=O)[O-])cc(C)c1-c1csc(NC(=O)c2ccccc2)n1. The van der Waals surface area contributed by atoms with Gasteiger partial charge in [0.15, 0.2) is 5.13 Å². The van der Waals surface area contributed by atoms with Crippen molar-refractivity contribution in [1.82, 2.24) is 4.98 Å². The summed E-state index contributed by atoms with van der Waals surface area (Å²) in [7, 11) is 0. The molecule has 1 heterocycles. The molecule has 6 nitrogen and oxygen atoms in total. The summed E-state index contributed by atoms with van der Waals surface area (Å²) in [4.78, 5) is 27.2. The van der Waals surface area contributed by atoms with E-state index < -0.39 is 4.92 Å². The molecule has 1 amide bonds. The Morgan fingerprint density at radius 3 is 2.40 bits per heavy atom. The Bertz CT molecular complexity index is 928. The fourth-order valence-corrected chi connectivity index (χ4v) is 3.35. The predicted octanol–water partition coefficient (Wildman–Crippen LogP) is 4.59. The average Bonchev–Trinajstić information content (AvgIpc) is 3.03. The second-order valence-electron chi connectivity index (χ2n) is 5.57. The number of nitrogens with one attached hydrogen (secondary N) is 1. The van der Waals surface area contributed by atoms with Gasteiger partial charge in [0.2, 0.25) is 0 Å². The van der Waals surface area contributed by atoms with E-state index in [-0.39, 0.29) is 11.6 Å². The van der Waals surface area contributed by atoms with Crippen molar-refractivity contribution in [1.29, 1.82) is 0 Å². The predicted molar refractivity (Wildman–Crippen MR) is 98.1 cm³/mol. The maximum absolute atomic E-state index is 12.2. The molecule has 0 spiro atoms. The first kappa shape index (κ1) is 16.8. The van der Waals surface area contributed by atoms with E-state index in [0.717, 1.165) is 16.7 Å². The van der Waals surface area contributed by atoms with Gasteiger partial charge in [0.25, 0.3) is 11.6 Å². The third-order valence-electron chi connectivity index (χ3n) is 3.75. The third-order valence-corrected chi connectivity index (χ3v) is 4.50. The lowest BCUT2D eigenvalue weighted by Crippen LogP contribution is -2.11. The molecule has 1 N–H and O–H groups in total. The zero-order valence-electron chi connectivity index (χ0n) is 13.6. The number of aromatic nitrogens is 1.